The molecule has 6 atom stereocenters. The van der Waals surface area contributed by atoms with E-state index in [1.807, 2.05) is 48.5 Å². The molecular weight excluding hydrogens is 482 g/mol. The van der Waals surface area contributed by atoms with Crippen LogP contribution in [-0.4, -0.2) is 51.0 Å². The molecule has 8 nitrogen and oxygen atoms in total. The summed E-state index contributed by atoms with van der Waals surface area (Å²) >= 11 is 0. The van der Waals surface area contributed by atoms with Gasteiger partial charge >= 0.3 is 11.9 Å². The molecule has 2 saturated carbocycles. The molecule has 0 aromatic rings. The van der Waals surface area contributed by atoms with Crippen molar-refractivity contribution in [1.82, 2.24) is 0 Å². The summed E-state index contributed by atoms with van der Waals surface area (Å²) in [7, 11) is -3.42. The fourth-order valence-electron chi connectivity index (χ4n) is 5.26. The maximum atomic E-state index is 12.2. The van der Waals surface area contributed by atoms with Gasteiger partial charge in [0, 0.05) is 0 Å². The zero-order valence-corrected chi connectivity index (χ0v) is 24.8. The molecule has 9 heteroatoms. The molecule has 0 bridgehead atoms. The predicted molar refractivity (Wildman–Crippen MR) is 142 cm³/mol. The van der Waals surface area contributed by atoms with Crippen LogP contribution in [0.5, 0.6) is 0 Å². The van der Waals surface area contributed by atoms with E-state index < -0.39 is 15.7 Å². The molecule has 0 amide bonds. The maximum absolute atomic E-state index is 12.2. The first-order valence-corrected chi connectivity index (χ1v) is 15.2. The van der Waals surface area contributed by atoms with E-state index in [9.17, 15) is 18.0 Å². The Morgan fingerprint density at radius 2 is 1.17 bits per heavy atom. The van der Waals surface area contributed by atoms with E-state index in [2.05, 4.69) is 6.92 Å². The molecule has 0 radical (unpaired) electrons. The smallest absolute Gasteiger partial charge is 0.309 e. The highest BCUT2D eigenvalue weighted by Gasteiger charge is 2.41. The summed E-state index contributed by atoms with van der Waals surface area (Å²) in [6.45, 7) is 16.3. The van der Waals surface area contributed by atoms with Gasteiger partial charge in [0.25, 0.3) is 10.1 Å². The van der Waals surface area contributed by atoms with Crippen LogP contribution >= 0.6 is 0 Å². The summed E-state index contributed by atoms with van der Waals surface area (Å²) in [5.41, 5.74) is 4.82. The van der Waals surface area contributed by atoms with Gasteiger partial charge in [0.2, 0.25) is 0 Å². The molecule has 0 saturated heterocycles. The summed E-state index contributed by atoms with van der Waals surface area (Å²) in [5, 5.41) is 0. The first kappa shape index (κ1) is 32.8. The second-order valence-electron chi connectivity index (χ2n) is 12.5. The Bertz CT molecular complexity index is 813. The first-order chi connectivity index (χ1) is 16.4. The number of esters is 2. The Balaban J connectivity index is 0.000000369. The van der Waals surface area contributed by atoms with Crippen molar-refractivity contribution >= 4 is 22.1 Å². The first-order valence-electron chi connectivity index (χ1n) is 13.4. The zero-order chi connectivity index (χ0) is 27.9. The normalized spacial score (nSPS) is 28.8. The number of nitrogens with two attached hydrogens (primary N) is 1. The van der Waals surface area contributed by atoms with Crippen molar-refractivity contribution in [1.29, 1.82) is 0 Å². The summed E-state index contributed by atoms with van der Waals surface area (Å²) in [6, 6.07) is 0. The second kappa shape index (κ2) is 13.6. The van der Waals surface area contributed by atoms with E-state index in [1.54, 1.807) is 0 Å². The van der Waals surface area contributed by atoms with Crippen LogP contribution in [-0.2, 0) is 33.4 Å². The summed E-state index contributed by atoms with van der Waals surface area (Å²) < 4.78 is 37.8. The van der Waals surface area contributed by atoms with Crippen LogP contribution in [0.25, 0.3) is 0 Å². The number of ether oxygens (including phenoxy) is 2. The fourth-order valence-corrected chi connectivity index (χ4v) is 5.70. The highest BCUT2D eigenvalue weighted by atomic mass is 32.2. The van der Waals surface area contributed by atoms with Crippen LogP contribution in [0.15, 0.2) is 0 Å². The predicted octanol–water partition coefficient (Wildman–Crippen LogP) is 4.70. The van der Waals surface area contributed by atoms with Crippen LogP contribution < -0.4 is 5.73 Å². The highest BCUT2D eigenvalue weighted by Crippen LogP contribution is 2.40. The topological polar surface area (TPSA) is 122 Å². The third-order valence-electron chi connectivity index (χ3n) is 6.90. The molecule has 2 rings (SSSR count). The van der Waals surface area contributed by atoms with Gasteiger partial charge in [0.15, 0.2) is 0 Å². The third-order valence-corrected chi connectivity index (χ3v) is 7.47. The molecule has 36 heavy (non-hydrogen) atoms. The zero-order valence-electron chi connectivity index (χ0n) is 24.0. The van der Waals surface area contributed by atoms with Crippen molar-refractivity contribution in [3.8, 4) is 0 Å². The maximum Gasteiger partial charge on any atom is 0.309 e. The molecule has 6 unspecified atom stereocenters. The Morgan fingerprint density at radius 3 is 1.50 bits per heavy atom. The van der Waals surface area contributed by atoms with Crippen LogP contribution in [0.1, 0.15) is 93.9 Å². The Hall–Kier alpha value is -1.19. The number of hydrogen-bond donors (Lipinski definition) is 1. The molecule has 0 aliphatic heterocycles. The van der Waals surface area contributed by atoms with Gasteiger partial charge in [-0.2, -0.15) is 8.42 Å². The Morgan fingerprint density at radius 1 is 0.778 bits per heavy atom. The number of carbonyl (C=O) groups is 2. The van der Waals surface area contributed by atoms with Gasteiger partial charge in [-0.15, -0.1) is 0 Å². The average molecular weight is 534 g/mol. The largest absolute Gasteiger partial charge is 0.460 e. The minimum absolute atomic E-state index is 0.0321. The molecular formula is C27H51NO7S. The average Bonchev–Trinajstić information content (AvgIpc) is 3.33. The molecule has 212 valence electrons. The van der Waals surface area contributed by atoms with Gasteiger partial charge in [-0.05, 0) is 97.4 Å². The van der Waals surface area contributed by atoms with Crippen molar-refractivity contribution in [2.24, 2.45) is 41.2 Å². The molecule has 2 N–H and O–H groups in total. The second-order valence-corrected chi connectivity index (χ2v) is 14.2. The summed E-state index contributed by atoms with van der Waals surface area (Å²) in [5.74, 6) is 1.03. The molecule has 2 aliphatic carbocycles. The summed E-state index contributed by atoms with van der Waals surface area (Å²) in [6.07, 6.45) is 6.42. The lowest BCUT2D eigenvalue weighted by Gasteiger charge is -2.24. The van der Waals surface area contributed by atoms with Crippen molar-refractivity contribution in [2.45, 2.75) is 105 Å². The molecule has 0 spiro atoms. The number of hydrogen-bond acceptors (Lipinski definition) is 8. The van der Waals surface area contributed by atoms with Gasteiger partial charge in [-0.3, -0.25) is 13.8 Å². The number of rotatable bonds is 8. The fraction of sp³-hybridized carbons (Fsp3) is 0.926. The van der Waals surface area contributed by atoms with Gasteiger partial charge in [0.1, 0.15) is 11.2 Å². The van der Waals surface area contributed by atoms with Crippen molar-refractivity contribution in [2.75, 3.05) is 19.4 Å². The van der Waals surface area contributed by atoms with Crippen LogP contribution in [0, 0.1) is 35.5 Å². The Labute approximate surface area is 219 Å². The van der Waals surface area contributed by atoms with Crippen LogP contribution in [0.3, 0.4) is 0 Å². The molecule has 2 aliphatic rings. The minimum Gasteiger partial charge on any atom is -0.460 e. The van der Waals surface area contributed by atoms with Gasteiger partial charge < -0.3 is 15.2 Å². The lowest BCUT2D eigenvalue weighted by molar-refractivity contribution is -0.162. The number of carbonyl (C=O) groups excluding carboxylic acids is 2. The van der Waals surface area contributed by atoms with Crippen molar-refractivity contribution < 1.29 is 31.7 Å². The lowest BCUT2D eigenvalue weighted by Crippen LogP contribution is -2.30. The summed E-state index contributed by atoms with van der Waals surface area (Å²) in [4.78, 5) is 24.2. The van der Waals surface area contributed by atoms with Crippen molar-refractivity contribution in [3.63, 3.8) is 0 Å². The van der Waals surface area contributed by atoms with E-state index in [-0.39, 0.29) is 47.8 Å². The SMILES string of the molecule is CCC1CC(CN)CC1C(=O)OC(C)(C)C.CCC1CC(COS(C)(=O)=O)CC1C(=O)OC(C)(C)C. The molecule has 0 aromatic carbocycles. The molecule has 0 aromatic heterocycles. The van der Waals surface area contributed by atoms with Crippen LogP contribution in [0.2, 0.25) is 0 Å². The van der Waals surface area contributed by atoms with E-state index in [0.29, 0.717) is 24.8 Å². The van der Waals surface area contributed by atoms with Crippen molar-refractivity contribution in [3.05, 3.63) is 0 Å². The quantitative estimate of drug-likeness (QED) is 0.352. The third kappa shape index (κ3) is 11.9. The minimum atomic E-state index is -3.42. The van der Waals surface area contributed by atoms with Crippen LogP contribution in [0.4, 0.5) is 0 Å². The monoisotopic (exact) mass is 533 g/mol. The lowest BCUT2D eigenvalue weighted by atomic mass is 9.93. The highest BCUT2D eigenvalue weighted by molar-refractivity contribution is 7.85. The van der Waals surface area contributed by atoms with E-state index in [1.165, 1.54) is 0 Å². The standard InChI is InChI=1S/C14H26O5S.C13H25NO2/c1-6-11-7-10(9-18-20(5,16)17)8-12(11)13(15)19-14(2,3)4;1-5-10-6-9(8-14)7-11(10)12(15)16-13(2,3)4/h10-12H,6-9H2,1-5H3;9-11H,5-8,14H2,1-4H3. The van der Waals surface area contributed by atoms with E-state index >= 15 is 0 Å². The Kier molecular flexibility index (Phi) is 12.4. The van der Waals surface area contributed by atoms with E-state index in [4.69, 9.17) is 19.4 Å². The molecule has 0 heterocycles. The van der Waals surface area contributed by atoms with Gasteiger partial charge in [-0.1, -0.05) is 26.7 Å². The van der Waals surface area contributed by atoms with E-state index in [0.717, 1.165) is 38.4 Å². The molecule has 2 fully saturated rings. The van der Waals surface area contributed by atoms with Gasteiger partial charge in [-0.25, -0.2) is 0 Å². The van der Waals surface area contributed by atoms with Gasteiger partial charge in [0.05, 0.1) is 24.7 Å².